The van der Waals surface area contributed by atoms with E-state index in [0.29, 0.717) is 50.0 Å². The largest absolute Gasteiger partial charge is 0.479 e. The number of fused-ring (bicyclic) bond motifs is 1. The summed E-state index contributed by atoms with van der Waals surface area (Å²) in [4.78, 5) is 47.5. The fraction of sp³-hybridized carbons (Fsp3) is 0.500. The van der Waals surface area contributed by atoms with Crippen molar-refractivity contribution in [2.24, 2.45) is 5.92 Å². The normalized spacial score (nSPS) is 20.9. The Morgan fingerprint density at radius 2 is 1.89 bits per heavy atom. The molecule has 2 aromatic rings. The number of carbonyl (C=O) groups is 3. The third-order valence-corrected chi connectivity index (χ3v) is 7.76. The van der Waals surface area contributed by atoms with Crippen molar-refractivity contribution in [1.29, 1.82) is 0 Å². The lowest BCUT2D eigenvalue weighted by Gasteiger charge is -2.20. The zero-order valence-electron chi connectivity index (χ0n) is 21.2. The molecular weight excluding hydrogens is 491 g/mol. The minimum Gasteiger partial charge on any atom is -0.479 e. The van der Waals surface area contributed by atoms with E-state index in [4.69, 9.17) is 9.47 Å². The summed E-state index contributed by atoms with van der Waals surface area (Å²) in [7, 11) is 0. The molecular formula is C28H31FN4O5. The molecule has 4 heterocycles. The Bertz CT molecular complexity index is 1240. The van der Waals surface area contributed by atoms with Crippen molar-refractivity contribution in [3.05, 3.63) is 47.4 Å². The molecule has 0 unspecified atom stereocenters. The first-order valence-electron chi connectivity index (χ1n) is 13.4. The molecule has 2 saturated heterocycles. The molecule has 9 nitrogen and oxygen atoms in total. The number of nitrogens with zero attached hydrogens (tertiary/aromatic N) is 4. The Hall–Kier alpha value is -3.69. The van der Waals surface area contributed by atoms with Gasteiger partial charge < -0.3 is 24.2 Å². The lowest BCUT2D eigenvalue weighted by Crippen LogP contribution is -2.39. The molecule has 0 bridgehead atoms. The zero-order valence-corrected chi connectivity index (χ0v) is 21.2. The molecule has 200 valence electrons. The highest BCUT2D eigenvalue weighted by Crippen LogP contribution is 2.34. The van der Waals surface area contributed by atoms with Crippen LogP contribution in [0.5, 0.6) is 11.6 Å². The van der Waals surface area contributed by atoms with Crippen LogP contribution in [0.1, 0.15) is 54.4 Å². The topological polar surface area (TPSA) is 92.3 Å². The van der Waals surface area contributed by atoms with Crippen LogP contribution in [0, 0.1) is 11.7 Å². The highest BCUT2D eigenvalue weighted by molar-refractivity contribution is 6.04. The fourth-order valence-electron chi connectivity index (χ4n) is 5.36. The van der Waals surface area contributed by atoms with E-state index in [1.54, 1.807) is 23.1 Å². The third kappa shape index (κ3) is 5.04. The van der Waals surface area contributed by atoms with Crippen LogP contribution in [0.3, 0.4) is 0 Å². The van der Waals surface area contributed by atoms with Gasteiger partial charge in [0, 0.05) is 48.9 Å². The van der Waals surface area contributed by atoms with E-state index in [1.807, 2.05) is 0 Å². The van der Waals surface area contributed by atoms with Crippen LogP contribution in [0.4, 0.5) is 10.1 Å². The van der Waals surface area contributed by atoms with Crippen LogP contribution in [0.2, 0.25) is 0 Å². The van der Waals surface area contributed by atoms with E-state index in [-0.39, 0.29) is 36.0 Å². The summed E-state index contributed by atoms with van der Waals surface area (Å²) in [6, 6.07) is 6.28. The van der Waals surface area contributed by atoms with Crippen molar-refractivity contribution >= 4 is 23.4 Å². The average Bonchev–Trinajstić information content (AvgIpc) is 3.28. The summed E-state index contributed by atoms with van der Waals surface area (Å²) in [5, 5.41) is 0. The molecule has 38 heavy (non-hydrogen) atoms. The van der Waals surface area contributed by atoms with E-state index in [0.717, 1.165) is 25.2 Å². The molecule has 3 fully saturated rings. The van der Waals surface area contributed by atoms with Gasteiger partial charge in [0.05, 0.1) is 19.3 Å². The number of rotatable bonds is 9. The number of ether oxygens (including phenoxy) is 2. The van der Waals surface area contributed by atoms with Crippen molar-refractivity contribution in [2.75, 3.05) is 37.7 Å². The van der Waals surface area contributed by atoms with Crippen molar-refractivity contribution in [3.8, 4) is 11.6 Å². The van der Waals surface area contributed by atoms with Gasteiger partial charge in [-0.3, -0.25) is 14.4 Å². The Kier molecular flexibility index (Phi) is 6.63. The summed E-state index contributed by atoms with van der Waals surface area (Å²) in [6.45, 7) is 2.34. The predicted molar refractivity (Wildman–Crippen MR) is 135 cm³/mol. The molecule has 3 aliphatic heterocycles. The van der Waals surface area contributed by atoms with Crippen LogP contribution >= 0.6 is 0 Å². The number of amides is 3. The van der Waals surface area contributed by atoms with Crippen molar-refractivity contribution < 1.29 is 28.2 Å². The van der Waals surface area contributed by atoms with E-state index in [2.05, 4.69) is 4.98 Å². The predicted octanol–water partition coefficient (Wildman–Crippen LogP) is 3.16. The number of hydrogen-bond donors (Lipinski definition) is 0. The number of carbonyl (C=O) groups excluding carboxylic acids is 3. The smallest absolute Gasteiger partial charge is 0.268 e. The van der Waals surface area contributed by atoms with Gasteiger partial charge in [0.2, 0.25) is 11.8 Å². The van der Waals surface area contributed by atoms with Gasteiger partial charge in [0.15, 0.2) is 6.10 Å². The van der Waals surface area contributed by atoms with Crippen LogP contribution < -0.4 is 14.4 Å². The van der Waals surface area contributed by atoms with Gasteiger partial charge >= 0.3 is 0 Å². The number of halogens is 1. The molecule has 1 aromatic heterocycles. The highest BCUT2D eigenvalue weighted by atomic mass is 19.1. The molecule has 6 rings (SSSR count). The van der Waals surface area contributed by atoms with Crippen molar-refractivity contribution in [3.63, 3.8) is 0 Å². The summed E-state index contributed by atoms with van der Waals surface area (Å²) in [5.41, 5.74) is 0.779. The molecule has 0 N–H and O–H groups in total. The lowest BCUT2D eigenvalue weighted by molar-refractivity contribution is -0.130. The number of likely N-dealkylation sites (tertiary alicyclic amines) is 1. The van der Waals surface area contributed by atoms with Gasteiger partial charge in [-0.15, -0.1) is 0 Å². The second-order valence-electron chi connectivity index (χ2n) is 10.5. The van der Waals surface area contributed by atoms with Gasteiger partial charge in [-0.2, -0.15) is 0 Å². The number of aromatic nitrogens is 1. The highest BCUT2D eigenvalue weighted by Gasteiger charge is 2.38. The van der Waals surface area contributed by atoms with Crippen LogP contribution in [0.15, 0.2) is 30.5 Å². The van der Waals surface area contributed by atoms with Crippen molar-refractivity contribution in [1.82, 2.24) is 14.8 Å². The molecule has 4 aliphatic rings. The second-order valence-corrected chi connectivity index (χ2v) is 10.5. The molecule has 3 amide bonds. The van der Waals surface area contributed by atoms with Gasteiger partial charge in [0.25, 0.3) is 11.8 Å². The SMILES string of the molecule is O=C(CN1Cc2c(F)cc(N3CC[C@@H](Oc4ccc(OCCC5CC5)nc4)C3=O)cc2C1=O)N1CCCC1. The lowest BCUT2D eigenvalue weighted by atomic mass is 10.1. The van der Waals surface area contributed by atoms with Gasteiger partial charge in [-0.1, -0.05) is 12.8 Å². The molecule has 1 aliphatic carbocycles. The zero-order chi connectivity index (χ0) is 26.2. The molecule has 0 radical (unpaired) electrons. The maximum Gasteiger partial charge on any atom is 0.268 e. The van der Waals surface area contributed by atoms with E-state index in [9.17, 15) is 14.4 Å². The molecule has 10 heteroatoms. The van der Waals surface area contributed by atoms with Crippen LogP contribution in [-0.4, -0.2) is 71.4 Å². The maximum atomic E-state index is 15.1. The minimum absolute atomic E-state index is 0.0484. The van der Waals surface area contributed by atoms with E-state index in [1.165, 1.54) is 34.9 Å². The molecule has 0 spiro atoms. The number of benzene rings is 1. The Morgan fingerprint density at radius 3 is 2.63 bits per heavy atom. The average molecular weight is 523 g/mol. The Labute approximate surface area is 220 Å². The van der Waals surface area contributed by atoms with Crippen molar-refractivity contribution in [2.45, 2.75) is 51.2 Å². The standard InChI is InChI=1S/C28H31FN4O5/c29-23-14-19(13-21-22(23)16-32(27(21)35)17-26(34)31-9-1-2-10-31)33-11-7-24(28(33)36)38-20-5-6-25(30-15-20)37-12-8-18-3-4-18/h5-6,13-15,18,24H,1-4,7-12,16-17H2/t24-/m1/s1. The van der Waals surface area contributed by atoms with Gasteiger partial charge in [0.1, 0.15) is 18.1 Å². The van der Waals surface area contributed by atoms with E-state index >= 15 is 4.39 Å². The summed E-state index contributed by atoms with van der Waals surface area (Å²) in [5.74, 6) is 0.389. The van der Waals surface area contributed by atoms with Crippen LogP contribution in [0.25, 0.3) is 0 Å². The summed E-state index contributed by atoms with van der Waals surface area (Å²) in [6.07, 6.45) is 6.74. The first kappa shape index (κ1) is 24.6. The molecule has 1 atom stereocenters. The molecule has 1 saturated carbocycles. The first-order valence-corrected chi connectivity index (χ1v) is 13.4. The minimum atomic E-state index is -0.736. The number of hydrogen-bond acceptors (Lipinski definition) is 6. The Morgan fingerprint density at radius 1 is 1.08 bits per heavy atom. The maximum absolute atomic E-state index is 15.1. The first-order chi connectivity index (χ1) is 18.5. The Balaban J connectivity index is 1.08. The third-order valence-electron chi connectivity index (χ3n) is 7.76. The van der Waals surface area contributed by atoms with E-state index < -0.39 is 17.8 Å². The number of pyridine rings is 1. The summed E-state index contributed by atoms with van der Waals surface area (Å²) < 4.78 is 26.6. The second kappa shape index (κ2) is 10.2. The quantitative estimate of drug-likeness (QED) is 0.503. The summed E-state index contributed by atoms with van der Waals surface area (Å²) >= 11 is 0. The van der Waals surface area contributed by atoms with Gasteiger partial charge in [-0.05, 0) is 43.4 Å². The van der Waals surface area contributed by atoms with Gasteiger partial charge in [-0.25, -0.2) is 9.37 Å². The monoisotopic (exact) mass is 522 g/mol. The van der Waals surface area contributed by atoms with Crippen LogP contribution in [-0.2, 0) is 16.1 Å². The number of anilines is 1. The molecule has 1 aromatic carbocycles. The fourth-order valence-corrected chi connectivity index (χ4v) is 5.36.